The predicted octanol–water partition coefficient (Wildman–Crippen LogP) is 3.82. The number of rotatable bonds is 6. The van der Waals surface area contributed by atoms with E-state index < -0.39 is 18.0 Å². The highest BCUT2D eigenvalue weighted by molar-refractivity contribution is 5.94. The highest BCUT2D eigenvalue weighted by Gasteiger charge is 2.43. The number of likely N-dealkylation sites (tertiary alicyclic amines) is 2. The predicted molar refractivity (Wildman–Crippen MR) is 121 cm³/mol. The van der Waals surface area contributed by atoms with Crippen molar-refractivity contribution in [2.24, 2.45) is 5.92 Å². The Hall–Kier alpha value is -2.65. The summed E-state index contributed by atoms with van der Waals surface area (Å²) in [5, 5.41) is 9.47. The van der Waals surface area contributed by atoms with E-state index in [1.165, 1.54) is 11.6 Å². The molecule has 4 rings (SSSR count). The largest absolute Gasteiger partial charge is 0.491 e. The summed E-state index contributed by atoms with van der Waals surface area (Å²) in [6.07, 6.45) is -3.15. The minimum absolute atomic E-state index is 0.0462. The summed E-state index contributed by atoms with van der Waals surface area (Å²) in [6.45, 7) is 8.95. The molecule has 1 amide bonds. The molecule has 184 valence electrons. The number of aliphatic hydroxyl groups excluding tert-OH is 1. The maximum Gasteiger partial charge on any atom is 0.433 e. The number of hydrogen-bond donors (Lipinski definition) is 1. The average molecular weight is 478 g/mol. The van der Waals surface area contributed by atoms with Gasteiger partial charge in [0, 0.05) is 38.4 Å². The van der Waals surface area contributed by atoms with Crippen molar-refractivity contribution in [1.29, 1.82) is 0 Å². The Labute approximate surface area is 197 Å². The van der Waals surface area contributed by atoms with Gasteiger partial charge in [0.25, 0.3) is 5.91 Å². The van der Waals surface area contributed by atoms with E-state index in [1.54, 1.807) is 11.8 Å². The van der Waals surface area contributed by atoms with Gasteiger partial charge in [-0.05, 0) is 68.0 Å². The number of carbonyl (C=O) groups excluding carboxylic acids is 1. The van der Waals surface area contributed by atoms with Crippen LogP contribution in [0.4, 0.5) is 13.2 Å². The van der Waals surface area contributed by atoms with Crippen LogP contribution in [-0.4, -0.2) is 64.2 Å². The maximum absolute atomic E-state index is 13.0. The third kappa shape index (κ3) is 5.05. The summed E-state index contributed by atoms with van der Waals surface area (Å²) in [5.74, 6) is 0.853. The fraction of sp³-hybridized carbons (Fsp3) is 0.520. The van der Waals surface area contributed by atoms with E-state index in [4.69, 9.17) is 4.74 Å². The number of benzene rings is 1. The van der Waals surface area contributed by atoms with Gasteiger partial charge in [0.1, 0.15) is 18.1 Å². The lowest BCUT2D eigenvalue weighted by Gasteiger charge is -2.25. The number of fused-ring (bicyclic) bond motifs is 1. The molecule has 1 aromatic heterocycles. The van der Waals surface area contributed by atoms with Crippen molar-refractivity contribution < 1.29 is 27.8 Å². The van der Waals surface area contributed by atoms with Gasteiger partial charge >= 0.3 is 6.18 Å². The number of amides is 1. The normalized spacial score (nSPS) is 21.6. The molecule has 1 unspecified atom stereocenters. The average Bonchev–Trinajstić information content (AvgIpc) is 3.35. The van der Waals surface area contributed by atoms with Crippen LogP contribution in [-0.2, 0) is 12.7 Å². The molecule has 3 atom stereocenters. The topological polar surface area (TPSA) is 65.9 Å². The van der Waals surface area contributed by atoms with Crippen LogP contribution in [0, 0.1) is 19.8 Å². The third-order valence-electron chi connectivity index (χ3n) is 6.91. The molecule has 1 N–H and O–H groups in total. The van der Waals surface area contributed by atoms with Gasteiger partial charge in [-0.2, -0.15) is 13.2 Å². The zero-order valence-electron chi connectivity index (χ0n) is 19.6. The summed E-state index contributed by atoms with van der Waals surface area (Å²) < 4.78 is 44.1. The van der Waals surface area contributed by atoms with E-state index in [9.17, 15) is 23.1 Å². The van der Waals surface area contributed by atoms with Gasteiger partial charge in [0.15, 0.2) is 0 Å². The Kier molecular flexibility index (Phi) is 6.87. The zero-order valence-corrected chi connectivity index (χ0v) is 19.6. The number of aromatic nitrogens is 1. The van der Waals surface area contributed by atoms with Crippen molar-refractivity contribution in [1.82, 2.24) is 14.8 Å². The van der Waals surface area contributed by atoms with E-state index in [-0.39, 0.29) is 24.1 Å². The SMILES string of the molecule is Cc1c(CN2CC3CCN(C(=O)c4ccc(C(F)(F)F)nc4)[C@@H]3C2)ccc(OC[C@@H](C)O)c1C. The second kappa shape index (κ2) is 9.54. The number of aliphatic hydroxyl groups is 1. The number of pyridine rings is 1. The molecule has 1 aromatic carbocycles. The van der Waals surface area contributed by atoms with E-state index in [1.807, 2.05) is 19.1 Å². The molecule has 2 aliphatic rings. The molecule has 2 aliphatic heterocycles. The van der Waals surface area contributed by atoms with Crippen molar-refractivity contribution in [3.63, 3.8) is 0 Å². The highest BCUT2D eigenvalue weighted by atomic mass is 19.4. The van der Waals surface area contributed by atoms with E-state index in [2.05, 4.69) is 16.8 Å². The van der Waals surface area contributed by atoms with E-state index >= 15 is 0 Å². The van der Waals surface area contributed by atoms with Gasteiger partial charge in [-0.25, -0.2) is 0 Å². The Morgan fingerprint density at radius 2 is 1.97 bits per heavy atom. The molecule has 0 radical (unpaired) electrons. The van der Waals surface area contributed by atoms with Crippen LogP contribution in [0.5, 0.6) is 5.75 Å². The highest BCUT2D eigenvalue weighted by Crippen LogP contribution is 2.35. The van der Waals surface area contributed by atoms with E-state index in [0.717, 1.165) is 55.2 Å². The molecule has 0 aliphatic carbocycles. The number of halogens is 3. The molecule has 9 heteroatoms. The van der Waals surface area contributed by atoms with Gasteiger partial charge in [0.05, 0.1) is 11.7 Å². The molecule has 0 saturated carbocycles. The second-order valence-corrected chi connectivity index (χ2v) is 9.37. The van der Waals surface area contributed by atoms with Gasteiger partial charge in [-0.1, -0.05) is 6.07 Å². The van der Waals surface area contributed by atoms with Crippen LogP contribution in [0.15, 0.2) is 30.5 Å². The monoisotopic (exact) mass is 477 g/mol. The van der Waals surface area contributed by atoms with Gasteiger partial charge in [0.2, 0.25) is 0 Å². The Morgan fingerprint density at radius 1 is 1.21 bits per heavy atom. The molecule has 0 spiro atoms. The van der Waals surface area contributed by atoms with Crippen molar-refractivity contribution >= 4 is 5.91 Å². The van der Waals surface area contributed by atoms with Crippen molar-refractivity contribution in [3.05, 3.63) is 58.4 Å². The van der Waals surface area contributed by atoms with Gasteiger partial charge < -0.3 is 14.7 Å². The molecule has 2 aromatic rings. The third-order valence-corrected chi connectivity index (χ3v) is 6.91. The standard InChI is InChI=1S/C25H30F3N3O3/c1-15(32)14-34-22-6-4-19(16(2)17(22)3)11-30-12-20-8-9-31(21(20)13-30)24(33)18-5-7-23(29-10-18)25(26,27)28/h4-7,10,15,20-21,32H,8-9,11-14H2,1-3H3/t15-,20?,21-/m1/s1. The minimum atomic E-state index is -4.52. The van der Waals surface area contributed by atoms with Crippen LogP contribution in [0.3, 0.4) is 0 Å². The fourth-order valence-electron chi connectivity index (χ4n) is 4.91. The van der Waals surface area contributed by atoms with Gasteiger partial charge in [-0.15, -0.1) is 0 Å². The molecule has 2 saturated heterocycles. The zero-order chi connectivity index (χ0) is 24.6. The fourth-order valence-corrected chi connectivity index (χ4v) is 4.91. The number of ether oxygens (including phenoxy) is 1. The number of nitrogens with zero attached hydrogens (tertiary/aromatic N) is 3. The summed E-state index contributed by atoms with van der Waals surface area (Å²) >= 11 is 0. The van der Waals surface area contributed by atoms with E-state index in [0.29, 0.717) is 12.5 Å². The van der Waals surface area contributed by atoms with Crippen molar-refractivity contribution in [2.75, 3.05) is 26.2 Å². The lowest BCUT2D eigenvalue weighted by molar-refractivity contribution is -0.141. The number of carbonyl (C=O) groups is 1. The summed E-state index contributed by atoms with van der Waals surface area (Å²) in [4.78, 5) is 20.6. The summed E-state index contributed by atoms with van der Waals surface area (Å²) in [7, 11) is 0. The molecule has 6 nitrogen and oxygen atoms in total. The first-order valence-corrected chi connectivity index (χ1v) is 11.5. The quantitative estimate of drug-likeness (QED) is 0.685. The molecule has 0 bridgehead atoms. The first-order chi connectivity index (χ1) is 16.0. The van der Waals surface area contributed by atoms with Crippen LogP contribution in [0.25, 0.3) is 0 Å². The smallest absolute Gasteiger partial charge is 0.433 e. The summed E-state index contributed by atoms with van der Waals surface area (Å²) in [6, 6.07) is 6.10. The number of alkyl halides is 3. The second-order valence-electron chi connectivity index (χ2n) is 9.37. The summed E-state index contributed by atoms with van der Waals surface area (Å²) in [5.41, 5.74) is 2.56. The maximum atomic E-state index is 13.0. The van der Waals surface area contributed by atoms with Crippen LogP contribution >= 0.6 is 0 Å². The first-order valence-electron chi connectivity index (χ1n) is 11.5. The van der Waals surface area contributed by atoms with Crippen LogP contribution in [0.2, 0.25) is 0 Å². The first kappa shape index (κ1) is 24.5. The minimum Gasteiger partial charge on any atom is -0.491 e. The van der Waals surface area contributed by atoms with Crippen LogP contribution in [0.1, 0.15) is 46.1 Å². The van der Waals surface area contributed by atoms with Crippen molar-refractivity contribution in [3.8, 4) is 5.75 Å². The van der Waals surface area contributed by atoms with Crippen LogP contribution < -0.4 is 4.74 Å². The molecule has 3 heterocycles. The molecule has 34 heavy (non-hydrogen) atoms. The van der Waals surface area contributed by atoms with Crippen molar-refractivity contribution in [2.45, 2.75) is 52.1 Å². The molecular formula is C25H30F3N3O3. The molecular weight excluding hydrogens is 447 g/mol. The number of hydrogen-bond acceptors (Lipinski definition) is 5. The Morgan fingerprint density at radius 3 is 2.62 bits per heavy atom. The Balaban J connectivity index is 1.41. The Bertz CT molecular complexity index is 1040. The molecule has 2 fully saturated rings. The lowest BCUT2D eigenvalue weighted by Crippen LogP contribution is -2.39. The lowest BCUT2D eigenvalue weighted by atomic mass is 10.0. The van der Waals surface area contributed by atoms with Gasteiger partial charge in [-0.3, -0.25) is 14.7 Å².